The van der Waals surface area contributed by atoms with Crippen LogP contribution < -0.4 is 0 Å². The predicted octanol–water partition coefficient (Wildman–Crippen LogP) is 10.1. The van der Waals surface area contributed by atoms with Crippen LogP contribution >= 0.6 is 0 Å². The van der Waals surface area contributed by atoms with E-state index in [4.69, 9.17) is 24.4 Å². The van der Waals surface area contributed by atoms with Crippen molar-refractivity contribution in [3.05, 3.63) is 146 Å². The van der Waals surface area contributed by atoms with E-state index in [0.717, 1.165) is 54.7 Å². The molecule has 0 saturated carbocycles. The van der Waals surface area contributed by atoms with Gasteiger partial charge in [0.25, 0.3) is 0 Å². The molecule has 0 radical (unpaired) electrons. The molecule has 0 aliphatic rings. The summed E-state index contributed by atoms with van der Waals surface area (Å²) >= 11 is 0. The first-order chi connectivity index (χ1) is 22.3. The maximum atomic E-state index is 6.63. The highest BCUT2D eigenvalue weighted by Gasteiger charge is 2.21. The number of rotatable bonds is 4. The monoisotopic (exact) mass is 576 g/mol. The third-order valence-corrected chi connectivity index (χ3v) is 8.33. The van der Waals surface area contributed by atoms with Crippen molar-refractivity contribution >= 4 is 43.4 Å². The summed E-state index contributed by atoms with van der Waals surface area (Å²) in [5.41, 5.74) is 5.17. The molecule has 0 bridgehead atoms. The second kappa shape index (κ2) is 10.2. The molecular formula is C40H24N4O. The molecule has 9 rings (SSSR count). The predicted molar refractivity (Wildman–Crippen MR) is 182 cm³/mol. The molecule has 45 heavy (non-hydrogen) atoms. The summed E-state index contributed by atoms with van der Waals surface area (Å²) < 4.78 is 6.63. The van der Waals surface area contributed by atoms with Crippen molar-refractivity contribution in [3.8, 4) is 45.6 Å². The largest absolute Gasteiger partial charge is 0.435 e. The standard InChI is InChI=1S/C40H24N4O/c1-3-13-26(14-4-1)37-42-38(29-23-22-25-12-7-8-17-28(25)24-29)44-39(43-37)33-21-11-20-31-30-18-9-10-19-32(30)35-36(34(31)33)45-40(41-35)27-15-5-2-6-16-27/h1-24H. The number of hydrogen-bond acceptors (Lipinski definition) is 5. The van der Waals surface area contributed by atoms with Gasteiger partial charge in [0.05, 0.1) is 0 Å². The van der Waals surface area contributed by atoms with E-state index in [1.54, 1.807) is 0 Å². The van der Waals surface area contributed by atoms with E-state index in [0.29, 0.717) is 28.9 Å². The quantitative estimate of drug-likeness (QED) is 0.195. The van der Waals surface area contributed by atoms with Crippen LogP contribution in [0, 0.1) is 0 Å². The number of benzene rings is 7. The molecule has 0 unspecified atom stereocenters. The van der Waals surface area contributed by atoms with Crippen LogP contribution in [-0.2, 0) is 0 Å². The average Bonchev–Trinajstić information content (AvgIpc) is 3.58. The average molecular weight is 577 g/mol. The molecule has 5 heteroatoms. The molecule has 0 fully saturated rings. The first-order valence-corrected chi connectivity index (χ1v) is 14.9. The van der Waals surface area contributed by atoms with Gasteiger partial charge in [-0.25, -0.2) is 19.9 Å². The molecule has 5 nitrogen and oxygen atoms in total. The zero-order chi connectivity index (χ0) is 29.7. The van der Waals surface area contributed by atoms with Crippen molar-refractivity contribution < 1.29 is 4.42 Å². The summed E-state index contributed by atoms with van der Waals surface area (Å²) in [6.07, 6.45) is 0. The molecule has 210 valence electrons. The fraction of sp³-hybridized carbons (Fsp3) is 0. The maximum Gasteiger partial charge on any atom is 0.227 e. The van der Waals surface area contributed by atoms with E-state index in [2.05, 4.69) is 66.7 Å². The van der Waals surface area contributed by atoms with Gasteiger partial charge < -0.3 is 4.42 Å². The van der Waals surface area contributed by atoms with E-state index in [-0.39, 0.29) is 0 Å². The second-order valence-electron chi connectivity index (χ2n) is 11.1. The molecule has 0 N–H and O–H groups in total. The summed E-state index contributed by atoms with van der Waals surface area (Å²) in [4.78, 5) is 20.2. The molecule has 0 aliphatic carbocycles. The Kier molecular flexibility index (Phi) is 5.74. The van der Waals surface area contributed by atoms with Crippen LogP contribution in [0.1, 0.15) is 0 Å². The highest BCUT2D eigenvalue weighted by molar-refractivity contribution is 6.26. The Balaban J connectivity index is 1.36. The van der Waals surface area contributed by atoms with Gasteiger partial charge in [0.1, 0.15) is 5.52 Å². The molecule has 0 amide bonds. The molecule has 9 aromatic rings. The summed E-state index contributed by atoms with van der Waals surface area (Å²) in [5.74, 6) is 2.38. The Morgan fingerprint density at radius 1 is 0.400 bits per heavy atom. The summed E-state index contributed by atoms with van der Waals surface area (Å²) in [6.45, 7) is 0. The highest BCUT2D eigenvalue weighted by Crippen LogP contribution is 2.41. The molecule has 2 heterocycles. The SMILES string of the molecule is c1ccc(-c2nc(-c3ccc4ccccc4c3)nc(-c3cccc4c5ccccc5c5nc(-c6ccccc6)oc5c34)n2)cc1. The lowest BCUT2D eigenvalue weighted by Gasteiger charge is -2.12. The Labute approximate surface area is 258 Å². The van der Waals surface area contributed by atoms with Crippen LogP contribution in [0.3, 0.4) is 0 Å². The van der Waals surface area contributed by atoms with Crippen molar-refractivity contribution in [1.82, 2.24) is 19.9 Å². The second-order valence-corrected chi connectivity index (χ2v) is 11.1. The van der Waals surface area contributed by atoms with Gasteiger partial charge in [-0.1, -0.05) is 127 Å². The molecule has 0 saturated heterocycles. The van der Waals surface area contributed by atoms with Crippen molar-refractivity contribution in [2.24, 2.45) is 0 Å². The van der Waals surface area contributed by atoms with E-state index < -0.39 is 0 Å². The third kappa shape index (κ3) is 4.25. The van der Waals surface area contributed by atoms with Gasteiger partial charge in [0.15, 0.2) is 23.1 Å². The van der Waals surface area contributed by atoms with Gasteiger partial charge in [-0.15, -0.1) is 0 Å². The normalized spacial score (nSPS) is 11.6. The minimum Gasteiger partial charge on any atom is -0.435 e. The Morgan fingerprint density at radius 3 is 1.82 bits per heavy atom. The van der Waals surface area contributed by atoms with Crippen molar-refractivity contribution in [2.45, 2.75) is 0 Å². The first kappa shape index (κ1) is 25.3. The van der Waals surface area contributed by atoms with Crippen LogP contribution in [0.15, 0.2) is 150 Å². The van der Waals surface area contributed by atoms with E-state index in [1.807, 2.05) is 78.9 Å². The van der Waals surface area contributed by atoms with Crippen LogP contribution in [0.5, 0.6) is 0 Å². The summed E-state index contributed by atoms with van der Waals surface area (Å²) in [7, 11) is 0. The minimum absolute atomic E-state index is 0.576. The van der Waals surface area contributed by atoms with Gasteiger partial charge in [0, 0.05) is 33.0 Å². The van der Waals surface area contributed by atoms with Crippen LogP contribution in [0.25, 0.3) is 89.0 Å². The van der Waals surface area contributed by atoms with Gasteiger partial charge in [-0.2, -0.15) is 0 Å². The summed E-state index contributed by atoms with van der Waals surface area (Å²) in [6, 6.07) is 49.3. The molecule has 7 aromatic carbocycles. The molecule has 2 aromatic heterocycles. The lowest BCUT2D eigenvalue weighted by Crippen LogP contribution is -2.00. The van der Waals surface area contributed by atoms with E-state index >= 15 is 0 Å². The highest BCUT2D eigenvalue weighted by atomic mass is 16.3. The minimum atomic E-state index is 0.576. The van der Waals surface area contributed by atoms with E-state index in [9.17, 15) is 0 Å². The number of aromatic nitrogens is 4. The van der Waals surface area contributed by atoms with Crippen LogP contribution in [0.4, 0.5) is 0 Å². The topological polar surface area (TPSA) is 64.7 Å². The zero-order valence-corrected chi connectivity index (χ0v) is 24.1. The fourth-order valence-electron chi connectivity index (χ4n) is 6.18. The Hall–Kier alpha value is -6.20. The van der Waals surface area contributed by atoms with Crippen molar-refractivity contribution in [3.63, 3.8) is 0 Å². The molecule has 0 atom stereocenters. The van der Waals surface area contributed by atoms with Gasteiger partial charge in [0.2, 0.25) is 5.89 Å². The smallest absolute Gasteiger partial charge is 0.227 e. The lowest BCUT2D eigenvalue weighted by atomic mass is 9.96. The fourth-order valence-corrected chi connectivity index (χ4v) is 6.18. The van der Waals surface area contributed by atoms with E-state index in [1.165, 1.54) is 5.39 Å². The summed E-state index contributed by atoms with van der Waals surface area (Å²) in [5, 5.41) is 6.42. The third-order valence-electron chi connectivity index (χ3n) is 8.33. The van der Waals surface area contributed by atoms with Crippen LogP contribution in [-0.4, -0.2) is 19.9 Å². The van der Waals surface area contributed by atoms with Crippen LogP contribution in [0.2, 0.25) is 0 Å². The maximum absolute atomic E-state index is 6.63. The van der Waals surface area contributed by atoms with Gasteiger partial charge in [-0.05, 0) is 39.7 Å². The number of fused-ring (bicyclic) bond motifs is 7. The van der Waals surface area contributed by atoms with Crippen molar-refractivity contribution in [2.75, 3.05) is 0 Å². The zero-order valence-electron chi connectivity index (χ0n) is 24.1. The first-order valence-electron chi connectivity index (χ1n) is 14.9. The van der Waals surface area contributed by atoms with Gasteiger partial charge in [-0.3, -0.25) is 0 Å². The lowest BCUT2D eigenvalue weighted by molar-refractivity contribution is 0.623. The molecule has 0 aliphatic heterocycles. The molecular weight excluding hydrogens is 552 g/mol. The molecule has 0 spiro atoms. The Bertz CT molecular complexity index is 2540. The van der Waals surface area contributed by atoms with Crippen molar-refractivity contribution in [1.29, 1.82) is 0 Å². The van der Waals surface area contributed by atoms with Gasteiger partial charge >= 0.3 is 0 Å². The number of hydrogen-bond donors (Lipinski definition) is 0. The Morgan fingerprint density at radius 2 is 1.02 bits per heavy atom. The number of nitrogens with zero attached hydrogens (tertiary/aromatic N) is 4. The number of oxazole rings is 1.